The first kappa shape index (κ1) is 17.9. The number of rotatable bonds is 6. The van der Waals surface area contributed by atoms with Crippen molar-refractivity contribution in [3.8, 4) is 5.75 Å². The molecule has 0 fully saturated rings. The summed E-state index contributed by atoms with van der Waals surface area (Å²) in [6.45, 7) is 3.98. The van der Waals surface area contributed by atoms with Crippen LogP contribution in [0.25, 0.3) is 10.2 Å². The van der Waals surface area contributed by atoms with Crippen molar-refractivity contribution in [1.82, 2.24) is 4.98 Å². The average Bonchev–Trinajstić information content (AvgIpc) is 2.97. The predicted octanol–water partition coefficient (Wildman–Crippen LogP) is 3.83. The number of carbonyl (C=O) groups excluding carboxylic acids is 2. The standard InChI is InChI=1S/C19H19N3O3S/c1-3-25-15-7-5-14(6-8-15)21-18(24)11-13-4-9-16-17(10-13)26-19(22-16)20-12(2)23/h4-10H,3,11H2,1-2H3,(H,21,24)(H,20,22,23). The molecule has 3 aromatic rings. The van der Waals surface area contributed by atoms with Crippen LogP contribution >= 0.6 is 11.3 Å². The first-order chi connectivity index (χ1) is 12.5. The maximum atomic E-state index is 12.3. The molecular weight excluding hydrogens is 350 g/mol. The van der Waals surface area contributed by atoms with Crippen molar-refractivity contribution in [3.05, 3.63) is 48.0 Å². The third-order valence-corrected chi connectivity index (χ3v) is 4.48. The van der Waals surface area contributed by atoms with Crippen LogP contribution < -0.4 is 15.4 Å². The van der Waals surface area contributed by atoms with Gasteiger partial charge in [-0.2, -0.15) is 0 Å². The summed E-state index contributed by atoms with van der Waals surface area (Å²) in [5, 5.41) is 6.11. The van der Waals surface area contributed by atoms with E-state index in [1.165, 1.54) is 18.3 Å². The molecule has 0 saturated carbocycles. The number of aromatic nitrogens is 1. The van der Waals surface area contributed by atoms with E-state index in [1.807, 2.05) is 49.4 Å². The quantitative estimate of drug-likeness (QED) is 0.692. The van der Waals surface area contributed by atoms with E-state index in [0.717, 1.165) is 27.2 Å². The monoisotopic (exact) mass is 369 g/mol. The lowest BCUT2D eigenvalue weighted by Gasteiger charge is -2.07. The topological polar surface area (TPSA) is 80.3 Å². The van der Waals surface area contributed by atoms with Gasteiger partial charge in [-0.05, 0) is 48.9 Å². The zero-order chi connectivity index (χ0) is 18.5. The molecule has 0 aliphatic heterocycles. The molecule has 0 spiro atoms. The van der Waals surface area contributed by atoms with Crippen molar-refractivity contribution in [3.63, 3.8) is 0 Å². The molecule has 0 saturated heterocycles. The van der Waals surface area contributed by atoms with Crippen LogP contribution in [0.5, 0.6) is 5.75 Å². The molecule has 0 bridgehead atoms. The van der Waals surface area contributed by atoms with E-state index in [0.29, 0.717) is 11.7 Å². The highest BCUT2D eigenvalue weighted by Crippen LogP contribution is 2.27. The van der Waals surface area contributed by atoms with Gasteiger partial charge in [-0.3, -0.25) is 9.59 Å². The zero-order valence-electron chi connectivity index (χ0n) is 14.5. The Hall–Kier alpha value is -2.93. The van der Waals surface area contributed by atoms with Crippen LogP contribution in [0.2, 0.25) is 0 Å². The van der Waals surface area contributed by atoms with Gasteiger partial charge in [0.15, 0.2) is 5.13 Å². The van der Waals surface area contributed by atoms with Gasteiger partial charge in [0, 0.05) is 12.6 Å². The van der Waals surface area contributed by atoms with Crippen molar-refractivity contribution in [2.45, 2.75) is 20.3 Å². The van der Waals surface area contributed by atoms with Crippen molar-refractivity contribution >= 4 is 44.2 Å². The number of nitrogens with zero attached hydrogens (tertiary/aromatic N) is 1. The Morgan fingerprint density at radius 2 is 1.88 bits per heavy atom. The molecule has 3 rings (SSSR count). The van der Waals surface area contributed by atoms with E-state index in [1.54, 1.807) is 0 Å². The summed E-state index contributed by atoms with van der Waals surface area (Å²) < 4.78 is 6.32. The molecule has 2 aromatic carbocycles. The maximum Gasteiger partial charge on any atom is 0.228 e. The molecule has 0 atom stereocenters. The van der Waals surface area contributed by atoms with E-state index < -0.39 is 0 Å². The first-order valence-electron chi connectivity index (χ1n) is 8.23. The number of anilines is 2. The second-order valence-electron chi connectivity index (χ2n) is 5.68. The fourth-order valence-corrected chi connectivity index (χ4v) is 3.45. The Labute approximate surface area is 155 Å². The predicted molar refractivity (Wildman–Crippen MR) is 104 cm³/mol. The smallest absolute Gasteiger partial charge is 0.228 e. The number of thiazole rings is 1. The van der Waals surface area contributed by atoms with Crippen LogP contribution in [0.3, 0.4) is 0 Å². The van der Waals surface area contributed by atoms with Crippen LogP contribution in [-0.2, 0) is 16.0 Å². The minimum atomic E-state index is -0.154. The largest absolute Gasteiger partial charge is 0.494 e. The number of nitrogens with one attached hydrogen (secondary N) is 2. The van der Waals surface area contributed by atoms with E-state index in [2.05, 4.69) is 15.6 Å². The third kappa shape index (κ3) is 4.58. The van der Waals surface area contributed by atoms with Crippen LogP contribution in [0.15, 0.2) is 42.5 Å². The Balaban J connectivity index is 1.65. The van der Waals surface area contributed by atoms with E-state index in [9.17, 15) is 9.59 Å². The van der Waals surface area contributed by atoms with E-state index >= 15 is 0 Å². The number of carbonyl (C=O) groups is 2. The summed E-state index contributed by atoms with van der Waals surface area (Å²) >= 11 is 1.39. The molecule has 6 nitrogen and oxygen atoms in total. The molecule has 134 valence electrons. The van der Waals surface area contributed by atoms with Gasteiger partial charge in [0.1, 0.15) is 5.75 Å². The van der Waals surface area contributed by atoms with Gasteiger partial charge in [-0.1, -0.05) is 17.4 Å². The molecule has 0 unspecified atom stereocenters. The first-order valence-corrected chi connectivity index (χ1v) is 9.05. The highest BCUT2D eigenvalue weighted by molar-refractivity contribution is 7.22. The normalized spacial score (nSPS) is 10.5. The Kier molecular flexibility index (Phi) is 5.48. The number of ether oxygens (including phenoxy) is 1. The maximum absolute atomic E-state index is 12.3. The fraction of sp³-hybridized carbons (Fsp3) is 0.211. The van der Waals surface area contributed by atoms with E-state index in [4.69, 9.17) is 4.74 Å². The van der Waals surface area contributed by atoms with Gasteiger partial charge >= 0.3 is 0 Å². The molecule has 1 heterocycles. The highest BCUT2D eigenvalue weighted by Gasteiger charge is 2.09. The summed E-state index contributed by atoms with van der Waals surface area (Å²) in [6, 6.07) is 12.9. The Morgan fingerprint density at radius 3 is 2.58 bits per heavy atom. The molecule has 26 heavy (non-hydrogen) atoms. The third-order valence-electron chi connectivity index (χ3n) is 3.55. The second kappa shape index (κ2) is 7.97. The molecule has 7 heteroatoms. The molecule has 1 aromatic heterocycles. The summed E-state index contributed by atoms with van der Waals surface area (Å²) in [7, 11) is 0. The van der Waals surface area contributed by atoms with Crippen molar-refractivity contribution in [2.24, 2.45) is 0 Å². The number of amides is 2. The molecule has 0 aliphatic carbocycles. The number of fused-ring (bicyclic) bond motifs is 1. The lowest BCUT2D eigenvalue weighted by atomic mass is 10.1. The van der Waals surface area contributed by atoms with Gasteiger partial charge in [0.2, 0.25) is 11.8 Å². The molecule has 2 amide bonds. The summed E-state index contributed by atoms with van der Waals surface area (Å²) in [5.41, 5.74) is 2.42. The minimum absolute atomic E-state index is 0.0971. The highest BCUT2D eigenvalue weighted by atomic mass is 32.1. The van der Waals surface area contributed by atoms with Crippen LogP contribution in [0.4, 0.5) is 10.8 Å². The van der Waals surface area contributed by atoms with Crippen LogP contribution in [-0.4, -0.2) is 23.4 Å². The van der Waals surface area contributed by atoms with Crippen molar-refractivity contribution in [1.29, 1.82) is 0 Å². The molecule has 2 N–H and O–H groups in total. The average molecular weight is 369 g/mol. The van der Waals surface area contributed by atoms with E-state index in [-0.39, 0.29) is 18.2 Å². The number of hydrogen-bond acceptors (Lipinski definition) is 5. The van der Waals surface area contributed by atoms with Crippen LogP contribution in [0, 0.1) is 0 Å². The molecule has 0 radical (unpaired) electrons. The lowest BCUT2D eigenvalue weighted by Crippen LogP contribution is -2.14. The van der Waals surface area contributed by atoms with Gasteiger partial charge in [-0.25, -0.2) is 4.98 Å². The molecular formula is C19H19N3O3S. The number of benzene rings is 2. The van der Waals surface area contributed by atoms with Gasteiger partial charge in [0.05, 0.1) is 23.2 Å². The summed E-state index contributed by atoms with van der Waals surface area (Å²) in [5.74, 6) is 0.523. The van der Waals surface area contributed by atoms with Gasteiger partial charge in [-0.15, -0.1) is 0 Å². The van der Waals surface area contributed by atoms with Crippen LogP contribution in [0.1, 0.15) is 19.4 Å². The summed E-state index contributed by atoms with van der Waals surface area (Å²) in [4.78, 5) is 27.7. The molecule has 0 aliphatic rings. The lowest BCUT2D eigenvalue weighted by molar-refractivity contribution is -0.116. The van der Waals surface area contributed by atoms with Crippen molar-refractivity contribution in [2.75, 3.05) is 17.2 Å². The van der Waals surface area contributed by atoms with Gasteiger partial charge < -0.3 is 15.4 Å². The SMILES string of the molecule is CCOc1ccc(NC(=O)Cc2ccc3nc(NC(C)=O)sc3c2)cc1. The fourth-order valence-electron chi connectivity index (χ4n) is 2.47. The summed E-state index contributed by atoms with van der Waals surface area (Å²) in [6.07, 6.45) is 0.260. The van der Waals surface area contributed by atoms with Gasteiger partial charge in [0.25, 0.3) is 0 Å². The Morgan fingerprint density at radius 1 is 1.12 bits per heavy atom. The zero-order valence-corrected chi connectivity index (χ0v) is 15.4. The van der Waals surface area contributed by atoms with Crippen molar-refractivity contribution < 1.29 is 14.3 Å². The minimum Gasteiger partial charge on any atom is -0.494 e. The number of hydrogen-bond donors (Lipinski definition) is 2. The second-order valence-corrected chi connectivity index (χ2v) is 6.72. The Bertz CT molecular complexity index is 935.